The van der Waals surface area contributed by atoms with Gasteiger partial charge in [-0.1, -0.05) is 0 Å². The van der Waals surface area contributed by atoms with Gasteiger partial charge in [-0.25, -0.2) is 9.97 Å². The molecule has 3 aromatic heterocycles. The average Bonchev–Trinajstić information content (AvgIpc) is 2.72. The van der Waals surface area contributed by atoms with E-state index in [0.29, 0.717) is 0 Å². The van der Waals surface area contributed by atoms with E-state index in [1.165, 1.54) is 0 Å². The van der Waals surface area contributed by atoms with Crippen LogP contribution >= 0.6 is 0 Å². The Morgan fingerprint density at radius 1 is 1.25 bits per heavy atom. The predicted molar refractivity (Wildman–Crippen MR) is 61.9 cm³/mol. The van der Waals surface area contributed by atoms with Gasteiger partial charge in [0.15, 0.2) is 5.65 Å². The first kappa shape index (κ1) is 9.03. The summed E-state index contributed by atoms with van der Waals surface area (Å²) in [6.45, 7) is 2.01. The van der Waals surface area contributed by atoms with Crippen molar-refractivity contribution in [1.29, 1.82) is 0 Å². The van der Waals surface area contributed by atoms with Gasteiger partial charge in [0.1, 0.15) is 5.82 Å². The van der Waals surface area contributed by atoms with E-state index >= 15 is 0 Å². The largest absolute Gasteiger partial charge is 0.337 e. The molecule has 4 nitrogen and oxygen atoms in total. The molecule has 16 heavy (non-hydrogen) atoms. The molecule has 0 spiro atoms. The summed E-state index contributed by atoms with van der Waals surface area (Å²) in [5.41, 5.74) is 3.78. The van der Waals surface area contributed by atoms with Crippen molar-refractivity contribution >= 4 is 11.2 Å². The van der Waals surface area contributed by atoms with Crippen LogP contribution in [0.1, 0.15) is 5.56 Å². The van der Waals surface area contributed by atoms with E-state index in [1.807, 2.05) is 31.3 Å². The van der Waals surface area contributed by atoms with E-state index in [4.69, 9.17) is 0 Å². The molecule has 0 atom stereocenters. The van der Waals surface area contributed by atoms with Gasteiger partial charge in [0, 0.05) is 24.2 Å². The van der Waals surface area contributed by atoms with Crippen molar-refractivity contribution in [2.24, 2.45) is 0 Å². The fourth-order valence-electron chi connectivity index (χ4n) is 1.67. The van der Waals surface area contributed by atoms with Gasteiger partial charge >= 0.3 is 0 Å². The van der Waals surface area contributed by atoms with Crippen molar-refractivity contribution in [1.82, 2.24) is 19.9 Å². The number of fused-ring (bicyclic) bond motifs is 1. The Balaban J connectivity index is 2.19. The maximum absolute atomic E-state index is 4.42. The molecule has 0 aliphatic rings. The first-order valence-electron chi connectivity index (χ1n) is 5.06. The van der Waals surface area contributed by atoms with Crippen molar-refractivity contribution in [2.75, 3.05) is 0 Å². The third kappa shape index (κ3) is 1.44. The van der Waals surface area contributed by atoms with Gasteiger partial charge in [-0.15, -0.1) is 0 Å². The quantitative estimate of drug-likeness (QED) is 0.670. The fourth-order valence-corrected chi connectivity index (χ4v) is 1.67. The highest BCUT2D eigenvalue weighted by molar-refractivity contribution is 5.75. The molecule has 3 heterocycles. The maximum Gasteiger partial charge on any atom is 0.178 e. The molecular weight excluding hydrogens is 200 g/mol. The van der Waals surface area contributed by atoms with Gasteiger partial charge in [-0.3, -0.25) is 4.98 Å². The number of H-pyrrole nitrogens is 1. The van der Waals surface area contributed by atoms with Gasteiger partial charge in [0.2, 0.25) is 0 Å². The van der Waals surface area contributed by atoms with Crippen LogP contribution in [0.25, 0.3) is 22.6 Å². The molecule has 0 aliphatic heterocycles. The molecule has 4 heteroatoms. The summed E-state index contributed by atoms with van der Waals surface area (Å²) < 4.78 is 0. The van der Waals surface area contributed by atoms with Crippen LogP contribution in [-0.2, 0) is 0 Å². The Hall–Kier alpha value is -2.23. The summed E-state index contributed by atoms with van der Waals surface area (Å²) in [4.78, 5) is 16.0. The lowest BCUT2D eigenvalue weighted by Crippen LogP contribution is -1.83. The Bertz CT molecular complexity index is 609. The Labute approximate surface area is 92.4 Å². The molecule has 0 radical (unpaired) electrons. The van der Waals surface area contributed by atoms with E-state index in [2.05, 4.69) is 19.9 Å². The number of nitrogens with zero attached hydrogens (tertiary/aromatic N) is 3. The van der Waals surface area contributed by atoms with E-state index in [1.54, 1.807) is 12.4 Å². The minimum atomic E-state index is 0.735. The second-order valence-corrected chi connectivity index (χ2v) is 3.71. The minimum Gasteiger partial charge on any atom is -0.337 e. The molecule has 0 amide bonds. The molecule has 0 aliphatic carbocycles. The molecule has 3 rings (SSSR count). The van der Waals surface area contributed by atoms with E-state index in [-0.39, 0.29) is 0 Å². The zero-order valence-corrected chi connectivity index (χ0v) is 8.81. The number of aromatic amines is 1. The summed E-state index contributed by atoms with van der Waals surface area (Å²) in [5, 5.41) is 0. The van der Waals surface area contributed by atoms with Crippen LogP contribution in [0, 0.1) is 6.92 Å². The lowest BCUT2D eigenvalue weighted by molar-refractivity contribution is 1.23. The van der Waals surface area contributed by atoms with Crippen LogP contribution in [0.15, 0.2) is 36.8 Å². The third-order valence-electron chi connectivity index (χ3n) is 2.41. The number of aromatic nitrogens is 4. The third-order valence-corrected chi connectivity index (χ3v) is 2.41. The highest BCUT2D eigenvalue weighted by atomic mass is 15.0. The molecule has 0 bridgehead atoms. The zero-order valence-electron chi connectivity index (χ0n) is 8.81. The second kappa shape index (κ2) is 3.41. The Morgan fingerprint density at radius 2 is 2.19 bits per heavy atom. The Kier molecular flexibility index (Phi) is 1.93. The number of imidazole rings is 1. The summed E-state index contributed by atoms with van der Waals surface area (Å²) in [6, 6.07) is 5.89. The topological polar surface area (TPSA) is 54.5 Å². The predicted octanol–water partition coefficient (Wildman–Crippen LogP) is 2.33. The molecule has 0 fully saturated rings. The smallest absolute Gasteiger partial charge is 0.178 e. The number of hydrogen-bond acceptors (Lipinski definition) is 3. The zero-order chi connectivity index (χ0) is 11.0. The van der Waals surface area contributed by atoms with E-state index in [0.717, 1.165) is 28.1 Å². The number of nitrogens with one attached hydrogen (secondary N) is 1. The van der Waals surface area contributed by atoms with Gasteiger partial charge in [-0.2, -0.15) is 0 Å². The molecule has 0 unspecified atom stereocenters. The molecule has 1 N–H and O–H groups in total. The molecule has 3 aromatic rings. The second-order valence-electron chi connectivity index (χ2n) is 3.71. The van der Waals surface area contributed by atoms with Gasteiger partial charge in [0.25, 0.3) is 0 Å². The molecular formula is C12H10N4. The van der Waals surface area contributed by atoms with Crippen LogP contribution in [-0.4, -0.2) is 19.9 Å². The van der Waals surface area contributed by atoms with Crippen LogP contribution in [0.4, 0.5) is 0 Å². The van der Waals surface area contributed by atoms with Gasteiger partial charge < -0.3 is 4.98 Å². The number of aryl methyl sites for hydroxylation is 1. The molecule has 78 valence electrons. The lowest BCUT2D eigenvalue weighted by atomic mass is 10.2. The van der Waals surface area contributed by atoms with E-state index < -0.39 is 0 Å². The van der Waals surface area contributed by atoms with E-state index in [9.17, 15) is 0 Å². The summed E-state index contributed by atoms with van der Waals surface area (Å²) >= 11 is 0. The highest BCUT2D eigenvalue weighted by Gasteiger charge is 2.05. The molecule has 0 aromatic carbocycles. The minimum absolute atomic E-state index is 0.735. The van der Waals surface area contributed by atoms with Crippen molar-refractivity contribution < 1.29 is 0 Å². The first-order valence-corrected chi connectivity index (χ1v) is 5.06. The number of rotatable bonds is 1. The van der Waals surface area contributed by atoms with Gasteiger partial charge in [-0.05, 0) is 30.7 Å². The Morgan fingerprint density at radius 3 is 3.00 bits per heavy atom. The van der Waals surface area contributed by atoms with Crippen LogP contribution in [0.5, 0.6) is 0 Å². The molecule has 0 saturated heterocycles. The van der Waals surface area contributed by atoms with Crippen LogP contribution in [0.3, 0.4) is 0 Å². The van der Waals surface area contributed by atoms with Gasteiger partial charge in [0.05, 0.1) is 5.52 Å². The lowest BCUT2D eigenvalue weighted by Gasteiger charge is -1.96. The van der Waals surface area contributed by atoms with Crippen molar-refractivity contribution in [3.05, 3.63) is 42.4 Å². The summed E-state index contributed by atoms with van der Waals surface area (Å²) in [6.07, 6.45) is 5.36. The first-order chi connectivity index (χ1) is 7.83. The molecule has 0 saturated carbocycles. The number of hydrogen-bond donors (Lipinski definition) is 1. The highest BCUT2D eigenvalue weighted by Crippen LogP contribution is 2.18. The van der Waals surface area contributed by atoms with Crippen molar-refractivity contribution in [3.63, 3.8) is 0 Å². The average molecular weight is 210 g/mol. The normalized spacial score (nSPS) is 10.8. The maximum atomic E-state index is 4.42. The van der Waals surface area contributed by atoms with Crippen LogP contribution < -0.4 is 0 Å². The monoisotopic (exact) mass is 210 g/mol. The van der Waals surface area contributed by atoms with Crippen molar-refractivity contribution in [3.8, 4) is 11.4 Å². The number of pyridine rings is 2. The van der Waals surface area contributed by atoms with Crippen LogP contribution in [0.2, 0.25) is 0 Å². The standard InChI is InChI=1S/C12H10N4/c1-8-5-9(7-13-6-8)11-15-10-3-2-4-14-12(10)16-11/h2-7H,1H3,(H,14,15,16). The fraction of sp³-hybridized carbons (Fsp3) is 0.0833. The van der Waals surface area contributed by atoms with Crippen molar-refractivity contribution in [2.45, 2.75) is 6.92 Å². The summed E-state index contributed by atoms with van der Waals surface area (Å²) in [5.74, 6) is 0.810. The summed E-state index contributed by atoms with van der Waals surface area (Å²) in [7, 11) is 0. The SMILES string of the molecule is Cc1cncc(-c2nc3ncccc3[nH]2)c1.